The molecule has 6 nitrogen and oxygen atoms in total. The molecular formula is C21H25N3O3S. The van der Waals surface area contributed by atoms with Crippen molar-refractivity contribution in [1.82, 2.24) is 9.80 Å². The zero-order valence-electron chi connectivity index (χ0n) is 16.0. The van der Waals surface area contributed by atoms with Crippen LogP contribution in [0.4, 0.5) is 5.69 Å². The number of hydrogen-bond donors (Lipinski definition) is 1. The second-order valence-corrected chi connectivity index (χ2v) is 7.23. The number of piperazine rings is 1. The Balaban J connectivity index is 1.26. The average molecular weight is 400 g/mol. The second kappa shape index (κ2) is 8.67. The third kappa shape index (κ3) is 4.48. The number of hydrogen-bond acceptors (Lipinski definition) is 5. The molecule has 2 aliphatic heterocycles. The molecule has 0 spiro atoms. The number of fused-ring (bicyclic) bond motifs is 1. The van der Waals surface area contributed by atoms with Crippen LogP contribution in [0.3, 0.4) is 0 Å². The van der Waals surface area contributed by atoms with Crippen molar-refractivity contribution in [3.05, 3.63) is 48.0 Å². The van der Waals surface area contributed by atoms with Gasteiger partial charge in [0.15, 0.2) is 16.6 Å². The van der Waals surface area contributed by atoms with Crippen LogP contribution in [0.2, 0.25) is 0 Å². The van der Waals surface area contributed by atoms with Gasteiger partial charge in [0.1, 0.15) is 5.75 Å². The number of rotatable bonds is 5. The van der Waals surface area contributed by atoms with Gasteiger partial charge in [-0.25, -0.2) is 0 Å². The van der Waals surface area contributed by atoms with Crippen LogP contribution in [0.25, 0.3) is 0 Å². The first-order chi connectivity index (χ1) is 13.7. The molecule has 1 saturated heterocycles. The molecule has 0 radical (unpaired) electrons. The van der Waals surface area contributed by atoms with Crippen LogP contribution < -0.4 is 19.5 Å². The molecule has 7 heteroatoms. The van der Waals surface area contributed by atoms with E-state index in [1.54, 1.807) is 0 Å². The van der Waals surface area contributed by atoms with Crippen molar-refractivity contribution in [3.8, 4) is 17.2 Å². The van der Waals surface area contributed by atoms with Crippen molar-refractivity contribution in [2.75, 3.05) is 44.9 Å². The lowest BCUT2D eigenvalue weighted by atomic mass is 10.1. The highest BCUT2D eigenvalue weighted by molar-refractivity contribution is 7.80. The van der Waals surface area contributed by atoms with Gasteiger partial charge >= 0.3 is 0 Å². The Hall–Kier alpha value is -2.51. The number of thiocarbonyl (C=S) groups is 1. The maximum atomic E-state index is 5.60. The lowest BCUT2D eigenvalue weighted by molar-refractivity contribution is 0.173. The topological polar surface area (TPSA) is 46.2 Å². The first-order valence-corrected chi connectivity index (χ1v) is 10.0. The van der Waals surface area contributed by atoms with Crippen molar-refractivity contribution >= 4 is 23.0 Å². The Morgan fingerprint density at radius 3 is 2.54 bits per heavy atom. The van der Waals surface area contributed by atoms with Gasteiger partial charge in [-0.1, -0.05) is 6.07 Å². The quantitative estimate of drug-likeness (QED) is 0.774. The Labute approximate surface area is 171 Å². The van der Waals surface area contributed by atoms with Crippen LogP contribution in [-0.4, -0.2) is 54.5 Å². The van der Waals surface area contributed by atoms with Gasteiger partial charge in [-0.05, 0) is 61.1 Å². The van der Waals surface area contributed by atoms with Gasteiger partial charge < -0.3 is 24.4 Å². The van der Waals surface area contributed by atoms with Gasteiger partial charge in [0, 0.05) is 38.4 Å². The summed E-state index contributed by atoms with van der Waals surface area (Å²) < 4.78 is 16.3. The van der Waals surface area contributed by atoms with Gasteiger partial charge in [0.2, 0.25) is 6.79 Å². The molecular weight excluding hydrogens is 374 g/mol. The summed E-state index contributed by atoms with van der Waals surface area (Å²) in [7, 11) is 0. The third-order valence-electron chi connectivity index (χ3n) is 4.92. The van der Waals surface area contributed by atoms with Crippen molar-refractivity contribution in [2.24, 2.45) is 0 Å². The van der Waals surface area contributed by atoms with E-state index in [1.165, 1.54) is 5.56 Å². The minimum atomic E-state index is 0.316. The van der Waals surface area contributed by atoms with E-state index in [-0.39, 0.29) is 0 Å². The lowest BCUT2D eigenvalue weighted by Crippen LogP contribution is -2.49. The fourth-order valence-electron chi connectivity index (χ4n) is 3.41. The maximum absolute atomic E-state index is 5.60. The molecule has 148 valence electrons. The molecule has 0 aliphatic carbocycles. The molecule has 1 fully saturated rings. The molecule has 0 amide bonds. The minimum absolute atomic E-state index is 0.316. The molecule has 28 heavy (non-hydrogen) atoms. The minimum Gasteiger partial charge on any atom is -0.494 e. The fourth-order valence-corrected chi connectivity index (χ4v) is 3.71. The Morgan fingerprint density at radius 2 is 1.79 bits per heavy atom. The summed E-state index contributed by atoms with van der Waals surface area (Å²) in [6.07, 6.45) is 0. The monoisotopic (exact) mass is 399 g/mol. The molecule has 2 heterocycles. The molecule has 0 atom stereocenters. The second-order valence-electron chi connectivity index (χ2n) is 6.84. The number of benzene rings is 2. The van der Waals surface area contributed by atoms with Crippen molar-refractivity contribution in [2.45, 2.75) is 13.5 Å². The molecule has 0 unspecified atom stereocenters. The standard InChI is InChI=1S/C21H25N3O3S/c1-2-25-18-6-4-17(5-7-18)22-21(28)24-11-9-23(10-12-24)14-16-3-8-19-20(13-16)27-15-26-19/h3-8,13H,2,9-12,14-15H2,1H3,(H,22,28). The highest BCUT2D eigenvalue weighted by Gasteiger charge is 2.20. The molecule has 0 aromatic heterocycles. The SMILES string of the molecule is CCOc1ccc(NC(=S)N2CCN(Cc3ccc4c(c3)OCO4)CC2)cc1. The van der Waals surface area contributed by atoms with Gasteiger partial charge in [0.05, 0.1) is 6.61 Å². The smallest absolute Gasteiger partial charge is 0.231 e. The number of nitrogens with zero attached hydrogens (tertiary/aromatic N) is 2. The zero-order valence-corrected chi connectivity index (χ0v) is 16.8. The lowest BCUT2D eigenvalue weighted by Gasteiger charge is -2.36. The van der Waals surface area contributed by atoms with Crippen LogP contribution in [-0.2, 0) is 6.54 Å². The van der Waals surface area contributed by atoms with Crippen molar-refractivity contribution in [1.29, 1.82) is 0 Å². The summed E-state index contributed by atoms with van der Waals surface area (Å²) in [5.74, 6) is 2.55. The van der Waals surface area contributed by atoms with E-state index in [1.807, 2.05) is 37.3 Å². The Bertz CT molecular complexity index is 820. The summed E-state index contributed by atoms with van der Waals surface area (Å²) >= 11 is 5.60. The predicted molar refractivity (Wildman–Crippen MR) is 113 cm³/mol. The maximum Gasteiger partial charge on any atom is 0.231 e. The average Bonchev–Trinajstić information content (AvgIpc) is 3.18. The molecule has 2 aromatic rings. The number of anilines is 1. The van der Waals surface area contributed by atoms with Gasteiger partial charge in [-0.3, -0.25) is 4.90 Å². The van der Waals surface area contributed by atoms with Crippen LogP contribution in [0.5, 0.6) is 17.2 Å². The van der Waals surface area contributed by atoms with Gasteiger partial charge in [-0.15, -0.1) is 0 Å². The summed E-state index contributed by atoms with van der Waals surface area (Å²) in [6, 6.07) is 14.1. The zero-order chi connectivity index (χ0) is 19.3. The first kappa shape index (κ1) is 18.8. The van der Waals surface area contributed by atoms with E-state index in [0.29, 0.717) is 13.4 Å². The summed E-state index contributed by atoms with van der Waals surface area (Å²) in [4.78, 5) is 4.66. The molecule has 4 rings (SSSR count). The number of ether oxygens (including phenoxy) is 3. The van der Waals surface area contributed by atoms with E-state index < -0.39 is 0 Å². The van der Waals surface area contributed by atoms with Crippen molar-refractivity contribution < 1.29 is 14.2 Å². The third-order valence-corrected chi connectivity index (χ3v) is 5.28. The van der Waals surface area contributed by atoms with Crippen LogP contribution in [0.1, 0.15) is 12.5 Å². The molecule has 0 bridgehead atoms. The highest BCUT2D eigenvalue weighted by atomic mass is 32.1. The highest BCUT2D eigenvalue weighted by Crippen LogP contribution is 2.32. The van der Waals surface area contributed by atoms with Crippen LogP contribution >= 0.6 is 12.2 Å². The Kier molecular flexibility index (Phi) is 5.83. The summed E-state index contributed by atoms with van der Waals surface area (Å²) in [6.45, 7) is 7.63. The predicted octanol–water partition coefficient (Wildman–Crippen LogP) is 3.33. The van der Waals surface area contributed by atoms with Gasteiger partial charge in [-0.2, -0.15) is 0 Å². The molecule has 2 aliphatic rings. The van der Waals surface area contributed by atoms with Crippen LogP contribution in [0.15, 0.2) is 42.5 Å². The van der Waals surface area contributed by atoms with E-state index in [9.17, 15) is 0 Å². The summed E-state index contributed by atoms with van der Waals surface area (Å²) in [5, 5.41) is 4.10. The van der Waals surface area contributed by atoms with Crippen LogP contribution in [0, 0.1) is 0 Å². The molecule has 1 N–H and O–H groups in total. The van der Waals surface area contributed by atoms with Gasteiger partial charge in [0.25, 0.3) is 0 Å². The number of nitrogens with one attached hydrogen (secondary N) is 1. The van der Waals surface area contributed by atoms with E-state index in [0.717, 1.165) is 60.8 Å². The van der Waals surface area contributed by atoms with Crippen molar-refractivity contribution in [3.63, 3.8) is 0 Å². The van der Waals surface area contributed by atoms with E-state index in [4.69, 9.17) is 26.4 Å². The first-order valence-electron chi connectivity index (χ1n) is 9.61. The molecule has 0 saturated carbocycles. The summed E-state index contributed by atoms with van der Waals surface area (Å²) in [5.41, 5.74) is 2.23. The Morgan fingerprint density at radius 1 is 1.04 bits per heavy atom. The largest absolute Gasteiger partial charge is 0.494 e. The molecule has 2 aromatic carbocycles. The fraction of sp³-hybridized carbons (Fsp3) is 0.381. The van der Waals surface area contributed by atoms with E-state index in [2.05, 4.69) is 27.2 Å². The van der Waals surface area contributed by atoms with E-state index >= 15 is 0 Å². The normalized spacial score (nSPS) is 16.1.